The number of carbonyl (C=O) groups is 8. The average molecular weight is 980 g/mol. The summed E-state index contributed by atoms with van der Waals surface area (Å²) in [6, 6.07) is 0.899. The van der Waals surface area contributed by atoms with Crippen LogP contribution >= 0.6 is 23.4 Å². The largest absolute Gasteiger partial charge is 0.495 e. The summed E-state index contributed by atoms with van der Waals surface area (Å²) < 4.78 is 29.2. The van der Waals surface area contributed by atoms with Crippen LogP contribution in [0.1, 0.15) is 58.9 Å². The fraction of sp³-hybridized carbons (Fsp3) is 0.591. The maximum atomic E-state index is 14.3. The standard InChI is InChI=1S/C44H59ClN6O15S/c1-22-10-9-11-31(63-8)44(61)19-29(64-42(60)48-44)23(2)38-43(4,66-38)32(18-35(54)50(6)27-15-25(14-22)16-28(62-7)37(27)45)65-41(59)24(3)49(5)34(53)12-13-67-30-17-36(55)51(39(30)56)21-33(52)47-26(20-46)40(57)58/h9-11,15-16,23-24,26,29-32,38,61H,12-14,17-21,46H2,1-8H3,(H,47,52)(H,48,60)(H,57,58)/b11-9+,22-10+/t23-,24+,26?,29+,30?,31-,32+,38+,43+,44+/m1/s1. The van der Waals surface area contributed by atoms with Crippen LogP contribution in [0.25, 0.3) is 0 Å². The number of allylic oxidation sites excluding steroid dienone is 3. The van der Waals surface area contributed by atoms with Gasteiger partial charge in [-0.2, -0.15) is 0 Å². The van der Waals surface area contributed by atoms with E-state index in [1.54, 1.807) is 38.1 Å². The molecule has 0 spiro atoms. The van der Waals surface area contributed by atoms with Gasteiger partial charge in [-0.3, -0.25) is 34.2 Å². The molecule has 3 fully saturated rings. The number of likely N-dealkylation sites (tertiary alicyclic amines) is 1. The van der Waals surface area contributed by atoms with Gasteiger partial charge in [0.2, 0.25) is 29.5 Å². The summed E-state index contributed by atoms with van der Waals surface area (Å²) in [6.07, 6.45) is -0.263. The van der Waals surface area contributed by atoms with Crippen molar-refractivity contribution in [2.45, 2.75) is 113 Å². The van der Waals surface area contributed by atoms with Gasteiger partial charge in [-0.15, -0.1) is 11.8 Å². The number of aliphatic hydroxyl groups is 1. The molecule has 10 atom stereocenters. The van der Waals surface area contributed by atoms with Crippen molar-refractivity contribution < 1.29 is 72.3 Å². The molecule has 6 N–H and O–H groups in total. The molecule has 2 unspecified atom stereocenters. The van der Waals surface area contributed by atoms with Gasteiger partial charge < -0.3 is 54.7 Å². The highest BCUT2D eigenvalue weighted by Crippen LogP contribution is 2.49. The minimum atomic E-state index is -1.90. The number of thioether (sulfide) groups is 1. The fourth-order valence-electron chi connectivity index (χ4n) is 8.24. The van der Waals surface area contributed by atoms with Crippen molar-refractivity contribution in [2.75, 3.05) is 52.1 Å². The van der Waals surface area contributed by atoms with Crippen molar-refractivity contribution in [2.24, 2.45) is 11.7 Å². The van der Waals surface area contributed by atoms with Gasteiger partial charge >= 0.3 is 18.0 Å². The van der Waals surface area contributed by atoms with Crippen molar-refractivity contribution in [3.8, 4) is 5.75 Å². The number of anilines is 1. The number of benzene rings is 1. The third-order valence-electron chi connectivity index (χ3n) is 12.5. The summed E-state index contributed by atoms with van der Waals surface area (Å²) in [5.41, 5.74) is 4.08. The predicted molar refractivity (Wildman–Crippen MR) is 242 cm³/mol. The van der Waals surface area contributed by atoms with Crippen LogP contribution in [0.3, 0.4) is 0 Å². The second-order valence-corrected chi connectivity index (χ2v) is 18.9. The Kier molecular flexibility index (Phi) is 17.1. The lowest BCUT2D eigenvalue weighted by molar-refractivity contribution is -0.162. The van der Waals surface area contributed by atoms with E-state index in [1.165, 1.54) is 40.1 Å². The molecule has 0 radical (unpaired) electrons. The van der Waals surface area contributed by atoms with Crippen molar-refractivity contribution >= 4 is 76.6 Å². The number of halogens is 1. The summed E-state index contributed by atoms with van der Waals surface area (Å²) >= 11 is 7.79. The smallest absolute Gasteiger partial charge is 0.409 e. The van der Waals surface area contributed by atoms with E-state index < -0.39 is 126 Å². The van der Waals surface area contributed by atoms with Crippen LogP contribution < -0.4 is 26.0 Å². The number of carboxylic acids is 1. The molecule has 21 nitrogen and oxygen atoms in total. The number of likely N-dealkylation sites (N-methyl/N-ethyl adjacent to an activating group) is 1. The monoisotopic (exact) mass is 978 g/mol. The summed E-state index contributed by atoms with van der Waals surface area (Å²) in [6.45, 7) is 5.62. The number of hydrogen-bond donors (Lipinski definition) is 5. The predicted octanol–water partition coefficient (Wildman–Crippen LogP) is 1.29. The minimum Gasteiger partial charge on any atom is -0.495 e. The molecular weight excluding hydrogens is 920 g/mol. The first kappa shape index (κ1) is 52.7. The molecule has 0 aliphatic carbocycles. The van der Waals surface area contributed by atoms with Gasteiger partial charge in [0.05, 0.1) is 30.6 Å². The number of alkyl carbamates (subject to hydrolysis) is 1. The molecule has 67 heavy (non-hydrogen) atoms. The topological polar surface area (TPSA) is 286 Å². The number of rotatable bonds is 14. The van der Waals surface area contributed by atoms with Crippen molar-refractivity contribution in [3.63, 3.8) is 0 Å². The molecule has 368 valence electrons. The van der Waals surface area contributed by atoms with Crippen LogP contribution in [0.2, 0.25) is 5.02 Å². The number of nitrogens with one attached hydrogen (secondary N) is 2. The second-order valence-electron chi connectivity index (χ2n) is 17.2. The number of nitrogens with zero attached hydrogens (tertiary/aromatic N) is 3. The van der Waals surface area contributed by atoms with E-state index in [4.69, 9.17) is 46.1 Å². The summed E-state index contributed by atoms with van der Waals surface area (Å²) in [7, 11) is 5.75. The molecule has 6 amide bonds. The summed E-state index contributed by atoms with van der Waals surface area (Å²) in [5.74, 6) is -5.73. The number of amides is 6. The number of nitrogens with two attached hydrogens (primary N) is 1. The zero-order valence-electron chi connectivity index (χ0n) is 38.6. The molecule has 23 heteroatoms. The summed E-state index contributed by atoms with van der Waals surface area (Å²) in [4.78, 5) is 107. The van der Waals surface area contributed by atoms with Crippen molar-refractivity contribution in [3.05, 3.63) is 46.5 Å². The first-order chi connectivity index (χ1) is 31.5. The Balaban J connectivity index is 1.33. The molecule has 1 aromatic carbocycles. The Morgan fingerprint density at radius 3 is 2.49 bits per heavy atom. The molecule has 4 heterocycles. The van der Waals surface area contributed by atoms with Gasteiger partial charge in [0.1, 0.15) is 53.3 Å². The highest BCUT2D eigenvalue weighted by molar-refractivity contribution is 8.00. The third kappa shape index (κ3) is 12.1. The van der Waals surface area contributed by atoms with E-state index in [0.717, 1.165) is 32.7 Å². The van der Waals surface area contributed by atoms with Gasteiger partial charge in [-0.05, 0) is 44.9 Å². The van der Waals surface area contributed by atoms with Crippen LogP contribution in [0.4, 0.5) is 10.5 Å². The quantitative estimate of drug-likeness (QED) is 0.0998. The van der Waals surface area contributed by atoms with Crippen molar-refractivity contribution in [1.82, 2.24) is 20.4 Å². The molecule has 4 aliphatic rings. The number of carboxylic acid groups (broad SMARTS) is 1. The number of aliphatic carboxylic acids is 1. The van der Waals surface area contributed by atoms with Crippen LogP contribution in [0.5, 0.6) is 5.75 Å². The lowest BCUT2D eigenvalue weighted by atomic mass is 9.83. The first-order valence-corrected chi connectivity index (χ1v) is 22.9. The molecule has 3 saturated heterocycles. The molecule has 4 bridgehead atoms. The highest BCUT2D eigenvalue weighted by Gasteiger charge is 2.64. The Morgan fingerprint density at radius 2 is 1.85 bits per heavy atom. The molecular formula is C44H59ClN6O15S. The Hall–Kier alpha value is -5.26. The van der Waals surface area contributed by atoms with Crippen LogP contribution in [-0.4, -0.2) is 168 Å². The number of hydrogen-bond acceptors (Lipinski definition) is 16. The van der Waals surface area contributed by atoms with Crippen molar-refractivity contribution in [1.29, 1.82) is 0 Å². The number of fused-ring (bicyclic) bond motifs is 5. The number of methoxy groups -OCH3 is 2. The molecule has 5 rings (SSSR count). The number of ether oxygens (including phenoxy) is 5. The van der Waals surface area contributed by atoms with E-state index in [1.807, 2.05) is 13.0 Å². The van der Waals surface area contributed by atoms with Gasteiger partial charge in [0, 0.05) is 58.7 Å². The molecule has 0 aromatic heterocycles. The Labute approximate surface area is 396 Å². The lowest BCUT2D eigenvalue weighted by Gasteiger charge is -2.42. The van der Waals surface area contributed by atoms with Gasteiger partial charge in [-0.25, -0.2) is 14.4 Å². The number of imide groups is 1. The fourth-order valence-corrected chi connectivity index (χ4v) is 9.66. The van der Waals surface area contributed by atoms with E-state index in [-0.39, 0.29) is 30.0 Å². The van der Waals surface area contributed by atoms with E-state index in [2.05, 4.69) is 10.6 Å². The SMILES string of the molecule is COc1cc2cc(c1Cl)N(C)C(=O)C[C@H](OC(=O)[C@H](C)N(C)C(=O)CCSC1CC(=O)N(CC(=O)NC(CN)C(=O)O)C1=O)[C@]1(C)O[C@H]1[C@H](C)[C@@H]1C[C@@](O)(NC(=O)O1)[C@H](OC)/C=C/C=C(\C)C2. The highest BCUT2D eigenvalue weighted by atomic mass is 35.5. The van der Waals surface area contributed by atoms with Crippen LogP contribution in [-0.2, 0) is 58.9 Å². The molecule has 4 aliphatic heterocycles. The minimum absolute atomic E-state index is 0.0556. The maximum absolute atomic E-state index is 14.3. The van der Waals surface area contributed by atoms with Gasteiger partial charge in [0.25, 0.3) is 0 Å². The Morgan fingerprint density at radius 1 is 1.15 bits per heavy atom. The lowest BCUT2D eigenvalue weighted by Crippen LogP contribution is -2.63. The van der Waals surface area contributed by atoms with E-state index in [9.17, 15) is 43.5 Å². The zero-order valence-corrected chi connectivity index (χ0v) is 40.1. The van der Waals surface area contributed by atoms with Gasteiger partial charge in [-0.1, -0.05) is 42.3 Å². The second kappa shape index (κ2) is 21.8. The Bertz CT molecular complexity index is 2190. The first-order valence-electron chi connectivity index (χ1n) is 21.5. The van der Waals surface area contributed by atoms with Crippen LogP contribution in [0, 0.1) is 5.92 Å². The average Bonchev–Trinajstić information content (AvgIpc) is 3.90. The van der Waals surface area contributed by atoms with Gasteiger partial charge in [0.15, 0.2) is 5.72 Å². The number of carbonyl (C=O) groups excluding carboxylic acids is 7. The summed E-state index contributed by atoms with van der Waals surface area (Å²) in [5, 5.41) is 24.8. The van der Waals surface area contributed by atoms with E-state index in [0.29, 0.717) is 17.9 Å². The van der Waals surface area contributed by atoms with Crippen LogP contribution in [0.15, 0.2) is 35.9 Å². The number of esters is 1. The van der Waals surface area contributed by atoms with E-state index >= 15 is 0 Å². The molecule has 0 saturated carbocycles. The third-order valence-corrected chi connectivity index (χ3v) is 14.1. The zero-order chi connectivity index (χ0) is 49.7. The normalized spacial score (nSPS) is 29.9. The number of epoxide rings is 1. The maximum Gasteiger partial charge on any atom is 0.409 e. The molecule has 1 aromatic rings.